The smallest absolute Gasteiger partial charge is 0.307 e. The lowest BCUT2D eigenvalue weighted by molar-refractivity contribution is -0.140. The van der Waals surface area contributed by atoms with Gasteiger partial charge in [-0.25, -0.2) is 0 Å². The Labute approximate surface area is 84.0 Å². The predicted octanol–water partition coefficient (Wildman–Crippen LogP) is -0.205. The van der Waals surface area contributed by atoms with E-state index in [-0.39, 0.29) is 18.3 Å². The minimum atomic E-state index is -0.313. The van der Waals surface area contributed by atoms with E-state index < -0.39 is 0 Å². The maximum absolute atomic E-state index is 11.1. The number of rotatable bonds is 7. The second kappa shape index (κ2) is 8.50. The van der Waals surface area contributed by atoms with Crippen molar-refractivity contribution in [2.75, 3.05) is 20.2 Å². The molecule has 0 saturated heterocycles. The number of ether oxygens (including phenoxy) is 1. The maximum atomic E-state index is 11.1. The van der Waals surface area contributed by atoms with E-state index in [1.807, 2.05) is 0 Å². The average Bonchev–Trinajstić information content (AvgIpc) is 2.18. The van der Waals surface area contributed by atoms with Crippen molar-refractivity contribution in [3.05, 3.63) is 0 Å². The van der Waals surface area contributed by atoms with Crippen molar-refractivity contribution < 1.29 is 14.3 Å². The normalized spacial score (nSPS) is 9.57. The van der Waals surface area contributed by atoms with Crippen molar-refractivity contribution in [3.63, 3.8) is 0 Å². The van der Waals surface area contributed by atoms with Gasteiger partial charge in [0.1, 0.15) is 0 Å². The van der Waals surface area contributed by atoms with Crippen molar-refractivity contribution >= 4 is 11.9 Å². The van der Waals surface area contributed by atoms with Crippen LogP contribution in [0.25, 0.3) is 0 Å². The van der Waals surface area contributed by atoms with Crippen LogP contribution in [0.2, 0.25) is 0 Å². The average molecular weight is 202 g/mol. The lowest BCUT2D eigenvalue weighted by Crippen LogP contribution is -2.26. The van der Waals surface area contributed by atoms with Gasteiger partial charge < -0.3 is 15.8 Å². The summed E-state index contributed by atoms with van der Waals surface area (Å²) in [6, 6.07) is 0. The second-order valence-electron chi connectivity index (χ2n) is 2.92. The molecule has 0 aromatic carbocycles. The first-order chi connectivity index (χ1) is 6.70. The molecule has 0 saturated carbocycles. The van der Waals surface area contributed by atoms with Gasteiger partial charge in [-0.2, -0.15) is 0 Å². The number of hydrogen-bond donors (Lipinski definition) is 2. The third kappa shape index (κ3) is 7.54. The van der Waals surface area contributed by atoms with E-state index in [2.05, 4.69) is 10.1 Å². The molecule has 0 bridgehead atoms. The Morgan fingerprint density at radius 1 is 1.29 bits per heavy atom. The van der Waals surface area contributed by atoms with E-state index in [9.17, 15) is 9.59 Å². The molecule has 0 spiro atoms. The minimum Gasteiger partial charge on any atom is -0.469 e. The molecule has 0 heterocycles. The van der Waals surface area contributed by atoms with Crippen LogP contribution in [0, 0.1) is 0 Å². The summed E-state index contributed by atoms with van der Waals surface area (Å²) in [6.45, 7) is 0.948. The Morgan fingerprint density at radius 2 is 2.00 bits per heavy atom. The largest absolute Gasteiger partial charge is 0.469 e. The highest BCUT2D eigenvalue weighted by Crippen LogP contribution is 1.93. The Kier molecular flexibility index (Phi) is 7.83. The SMILES string of the molecule is COC(=O)CCNC(=O)CCCCN. The standard InChI is InChI=1S/C9H18N2O3/c1-14-9(13)5-7-11-8(12)4-2-3-6-10/h2-7,10H2,1H3,(H,11,12). The lowest BCUT2D eigenvalue weighted by Gasteiger charge is -2.03. The molecule has 0 unspecified atom stereocenters. The maximum Gasteiger partial charge on any atom is 0.307 e. The van der Waals surface area contributed by atoms with E-state index >= 15 is 0 Å². The van der Waals surface area contributed by atoms with Crippen LogP contribution < -0.4 is 11.1 Å². The Balaban J connectivity index is 3.31. The molecule has 0 aromatic heterocycles. The van der Waals surface area contributed by atoms with E-state index in [1.54, 1.807) is 0 Å². The van der Waals surface area contributed by atoms with Crippen LogP contribution in [0.15, 0.2) is 0 Å². The van der Waals surface area contributed by atoms with Crippen LogP contribution in [0.3, 0.4) is 0 Å². The fourth-order valence-electron chi connectivity index (χ4n) is 0.924. The molecule has 0 atom stereocenters. The molecular weight excluding hydrogens is 184 g/mol. The Hall–Kier alpha value is -1.10. The summed E-state index contributed by atoms with van der Waals surface area (Å²) >= 11 is 0. The van der Waals surface area contributed by atoms with E-state index in [4.69, 9.17) is 5.73 Å². The number of unbranched alkanes of at least 4 members (excludes halogenated alkanes) is 1. The van der Waals surface area contributed by atoms with E-state index in [0.29, 0.717) is 19.5 Å². The van der Waals surface area contributed by atoms with Gasteiger partial charge in [0.25, 0.3) is 0 Å². The molecule has 0 fully saturated rings. The molecule has 1 amide bonds. The molecule has 14 heavy (non-hydrogen) atoms. The monoisotopic (exact) mass is 202 g/mol. The van der Waals surface area contributed by atoms with Gasteiger partial charge in [-0.05, 0) is 19.4 Å². The quantitative estimate of drug-likeness (QED) is 0.442. The van der Waals surface area contributed by atoms with Crippen LogP contribution in [-0.2, 0) is 14.3 Å². The molecular formula is C9H18N2O3. The number of nitrogens with two attached hydrogens (primary N) is 1. The summed E-state index contributed by atoms with van der Waals surface area (Å²) in [7, 11) is 1.32. The van der Waals surface area contributed by atoms with Gasteiger partial charge in [-0.1, -0.05) is 0 Å². The summed E-state index contributed by atoms with van der Waals surface area (Å²) in [4.78, 5) is 21.7. The fourth-order valence-corrected chi connectivity index (χ4v) is 0.924. The molecule has 3 N–H and O–H groups in total. The van der Waals surface area contributed by atoms with Crippen molar-refractivity contribution in [2.24, 2.45) is 5.73 Å². The van der Waals surface area contributed by atoms with Crippen molar-refractivity contribution in [1.82, 2.24) is 5.32 Å². The molecule has 0 aromatic rings. The molecule has 0 aliphatic heterocycles. The molecule has 82 valence electrons. The second-order valence-corrected chi connectivity index (χ2v) is 2.92. The zero-order chi connectivity index (χ0) is 10.8. The van der Waals surface area contributed by atoms with Crippen LogP contribution in [0.1, 0.15) is 25.7 Å². The van der Waals surface area contributed by atoms with Crippen molar-refractivity contribution in [2.45, 2.75) is 25.7 Å². The first-order valence-corrected chi connectivity index (χ1v) is 4.74. The van der Waals surface area contributed by atoms with Crippen LogP contribution in [0.4, 0.5) is 0 Å². The van der Waals surface area contributed by atoms with E-state index in [0.717, 1.165) is 12.8 Å². The number of carbonyl (C=O) groups is 2. The number of esters is 1. The minimum absolute atomic E-state index is 0.0395. The molecule has 0 aliphatic rings. The van der Waals surface area contributed by atoms with Gasteiger partial charge in [-0.15, -0.1) is 0 Å². The van der Waals surface area contributed by atoms with Crippen LogP contribution >= 0.6 is 0 Å². The predicted molar refractivity (Wildman–Crippen MR) is 52.5 cm³/mol. The summed E-state index contributed by atoms with van der Waals surface area (Å²) in [6.07, 6.45) is 2.34. The van der Waals surface area contributed by atoms with Gasteiger partial charge in [0.05, 0.1) is 13.5 Å². The van der Waals surface area contributed by atoms with Crippen molar-refractivity contribution in [3.8, 4) is 0 Å². The third-order valence-corrected chi connectivity index (χ3v) is 1.74. The first-order valence-electron chi connectivity index (χ1n) is 4.74. The third-order valence-electron chi connectivity index (χ3n) is 1.74. The zero-order valence-electron chi connectivity index (χ0n) is 8.54. The zero-order valence-corrected chi connectivity index (χ0v) is 8.54. The van der Waals surface area contributed by atoms with Gasteiger partial charge in [0.15, 0.2) is 0 Å². The summed E-state index contributed by atoms with van der Waals surface area (Å²) in [5.41, 5.74) is 5.28. The highest BCUT2D eigenvalue weighted by atomic mass is 16.5. The van der Waals surface area contributed by atoms with Crippen molar-refractivity contribution in [1.29, 1.82) is 0 Å². The number of hydrogen-bond acceptors (Lipinski definition) is 4. The lowest BCUT2D eigenvalue weighted by atomic mass is 10.2. The highest BCUT2D eigenvalue weighted by molar-refractivity contribution is 5.76. The Bertz CT molecular complexity index is 183. The van der Waals surface area contributed by atoms with Gasteiger partial charge in [0.2, 0.25) is 5.91 Å². The molecule has 0 rings (SSSR count). The number of nitrogens with one attached hydrogen (secondary N) is 1. The summed E-state index contributed by atoms with van der Waals surface area (Å²) < 4.78 is 4.42. The van der Waals surface area contributed by atoms with Crippen LogP contribution in [0.5, 0.6) is 0 Å². The molecule has 0 radical (unpaired) electrons. The summed E-state index contributed by atoms with van der Waals surface area (Å²) in [5, 5.41) is 2.63. The number of amides is 1. The highest BCUT2D eigenvalue weighted by Gasteiger charge is 2.02. The van der Waals surface area contributed by atoms with Gasteiger partial charge >= 0.3 is 5.97 Å². The molecule has 5 heteroatoms. The Morgan fingerprint density at radius 3 is 2.57 bits per heavy atom. The summed E-state index contributed by atoms with van der Waals surface area (Å²) in [5.74, 6) is -0.352. The van der Waals surface area contributed by atoms with Gasteiger partial charge in [-0.3, -0.25) is 9.59 Å². The molecule has 5 nitrogen and oxygen atoms in total. The van der Waals surface area contributed by atoms with Gasteiger partial charge in [0, 0.05) is 13.0 Å². The van der Waals surface area contributed by atoms with E-state index in [1.165, 1.54) is 7.11 Å². The molecule has 0 aliphatic carbocycles. The fraction of sp³-hybridized carbons (Fsp3) is 0.778. The number of methoxy groups -OCH3 is 1. The first kappa shape index (κ1) is 12.9. The topological polar surface area (TPSA) is 81.4 Å². The van der Waals surface area contributed by atoms with Crippen LogP contribution in [-0.4, -0.2) is 32.1 Å². The number of carbonyl (C=O) groups excluding carboxylic acids is 2.